The number of nitrogens with one attached hydrogen (secondary N) is 1. The first-order chi connectivity index (χ1) is 11.0. The van der Waals surface area contributed by atoms with Crippen molar-refractivity contribution in [2.75, 3.05) is 5.32 Å². The quantitative estimate of drug-likeness (QED) is 0.706. The molecule has 0 fully saturated rings. The SMILES string of the molecule is Cn1c(-c2ccc(Cl)c(Cl)c2)cnc1NCc1ccc(F)cc1. The number of hydrogen-bond donors (Lipinski definition) is 1. The van der Waals surface area contributed by atoms with Gasteiger partial charge >= 0.3 is 0 Å². The zero-order valence-electron chi connectivity index (χ0n) is 12.4. The molecule has 0 bridgehead atoms. The summed E-state index contributed by atoms with van der Waals surface area (Å²) in [5, 5.41) is 4.26. The van der Waals surface area contributed by atoms with E-state index in [0.29, 0.717) is 16.6 Å². The van der Waals surface area contributed by atoms with Gasteiger partial charge in [-0.15, -0.1) is 0 Å². The van der Waals surface area contributed by atoms with Crippen LogP contribution in [0.5, 0.6) is 0 Å². The molecule has 0 aliphatic rings. The Bertz CT molecular complexity index is 828. The molecule has 0 radical (unpaired) electrons. The highest BCUT2D eigenvalue weighted by Gasteiger charge is 2.10. The Morgan fingerprint density at radius 1 is 1.09 bits per heavy atom. The Morgan fingerprint density at radius 2 is 1.83 bits per heavy atom. The fourth-order valence-electron chi connectivity index (χ4n) is 2.28. The van der Waals surface area contributed by atoms with Crippen molar-refractivity contribution in [2.24, 2.45) is 7.05 Å². The molecule has 3 aromatic rings. The van der Waals surface area contributed by atoms with Crippen LogP contribution in [0.4, 0.5) is 10.3 Å². The Balaban J connectivity index is 1.78. The van der Waals surface area contributed by atoms with Gasteiger partial charge in [0.2, 0.25) is 5.95 Å². The highest BCUT2D eigenvalue weighted by molar-refractivity contribution is 6.42. The number of halogens is 3. The van der Waals surface area contributed by atoms with Crippen LogP contribution in [0.1, 0.15) is 5.56 Å². The third-order valence-electron chi connectivity index (χ3n) is 3.57. The molecule has 0 amide bonds. The van der Waals surface area contributed by atoms with Gasteiger partial charge in [-0.05, 0) is 29.8 Å². The summed E-state index contributed by atoms with van der Waals surface area (Å²) in [5.41, 5.74) is 2.83. The van der Waals surface area contributed by atoms with Gasteiger partial charge in [0.1, 0.15) is 5.82 Å². The van der Waals surface area contributed by atoms with E-state index in [0.717, 1.165) is 22.8 Å². The van der Waals surface area contributed by atoms with Gasteiger partial charge in [0.15, 0.2) is 0 Å². The van der Waals surface area contributed by atoms with E-state index < -0.39 is 0 Å². The maximum absolute atomic E-state index is 12.9. The molecule has 0 unspecified atom stereocenters. The Hall–Kier alpha value is -2.04. The minimum atomic E-state index is -0.243. The van der Waals surface area contributed by atoms with Crippen molar-refractivity contribution in [3.05, 3.63) is 70.1 Å². The minimum absolute atomic E-state index is 0.243. The van der Waals surface area contributed by atoms with Crippen molar-refractivity contribution in [2.45, 2.75) is 6.54 Å². The lowest BCUT2D eigenvalue weighted by Gasteiger charge is -2.09. The van der Waals surface area contributed by atoms with Gasteiger partial charge in [0.05, 0.1) is 21.9 Å². The molecule has 0 spiro atoms. The van der Waals surface area contributed by atoms with Gasteiger partial charge in [0.25, 0.3) is 0 Å². The maximum Gasteiger partial charge on any atom is 0.203 e. The van der Waals surface area contributed by atoms with Gasteiger partial charge < -0.3 is 9.88 Å². The first-order valence-electron chi connectivity index (χ1n) is 7.00. The van der Waals surface area contributed by atoms with Gasteiger partial charge in [-0.2, -0.15) is 0 Å². The van der Waals surface area contributed by atoms with Crippen LogP contribution in [0.2, 0.25) is 10.0 Å². The van der Waals surface area contributed by atoms with E-state index in [4.69, 9.17) is 23.2 Å². The number of benzene rings is 2. The van der Waals surface area contributed by atoms with Gasteiger partial charge in [-0.25, -0.2) is 9.37 Å². The molecule has 6 heteroatoms. The Kier molecular flexibility index (Phi) is 4.55. The van der Waals surface area contributed by atoms with Crippen LogP contribution in [0.3, 0.4) is 0 Å². The van der Waals surface area contributed by atoms with E-state index in [1.54, 1.807) is 24.4 Å². The van der Waals surface area contributed by atoms with Crippen LogP contribution < -0.4 is 5.32 Å². The van der Waals surface area contributed by atoms with Crippen LogP contribution >= 0.6 is 23.2 Å². The topological polar surface area (TPSA) is 29.9 Å². The lowest BCUT2D eigenvalue weighted by molar-refractivity contribution is 0.627. The molecule has 2 aromatic carbocycles. The number of hydrogen-bond acceptors (Lipinski definition) is 2. The van der Waals surface area contributed by atoms with Crippen molar-refractivity contribution < 1.29 is 4.39 Å². The average Bonchev–Trinajstić information content (AvgIpc) is 2.90. The first-order valence-corrected chi connectivity index (χ1v) is 7.75. The number of aromatic nitrogens is 2. The monoisotopic (exact) mass is 349 g/mol. The highest BCUT2D eigenvalue weighted by Crippen LogP contribution is 2.29. The maximum atomic E-state index is 12.9. The van der Waals surface area contributed by atoms with Crippen LogP contribution in [0.25, 0.3) is 11.3 Å². The van der Waals surface area contributed by atoms with E-state index >= 15 is 0 Å². The van der Waals surface area contributed by atoms with Gasteiger partial charge in [-0.3, -0.25) is 0 Å². The van der Waals surface area contributed by atoms with E-state index in [2.05, 4.69) is 10.3 Å². The van der Waals surface area contributed by atoms with E-state index in [-0.39, 0.29) is 5.82 Å². The fourth-order valence-corrected chi connectivity index (χ4v) is 2.58. The lowest BCUT2D eigenvalue weighted by Crippen LogP contribution is -2.05. The summed E-state index contributed by atoms with van der Waals surface area (Å²) in [6.45, 7) is 0.561. The summed E-state index contributed by atoms with van der Waals surface area (Å²) in [6.07, 6.45) is 1.77. The smallest absolute Gasteiger partial charge is 0.203 e. The van der Waals surface area contributed by atoms with Crippen molar-refractivity contribution in [1.82, 2.24) is 9.55 Å². The fraction of sp³-hybridized carbons (Fsp3) is 0.118. The van der Waals surface area contributed by atoms with Crippen molar-refractivity contribution >= 4 is 29.2 Å². The molecule has 1 heterocycles. The molecule has 0 atom stereocenters. The number of imidazole rings is 1. The Morgan fingerprint density at radius 3 is 2.52 bits per heavy atom. The van der Waals surface area contributed by atoms with E-state index in [1.807, 2.05) is 23.7 Å². The van der Waals surface area contributed by atoms with Gasteiger partial charge in [0, 0.05) is 19.2 Å². The molecule has 118 valence electrons. The molecular formula is C17H14Cl2FN3. The lowest BCUT2D eigenvalue weighted by atomic mass is 10.2. The molecule has 1 N–H and O–H groups in total. The van der Waals surface area contributed by atoms with E-state index in [9.17, 15) is 4.39 Å². The number of anilines is 1. The van der Waals surface area contributed by atoms with Crippen LogP contribution in [-0.4, -0.2) is 9.55 Å². The molecule has 0 saturated heterocycles. The molecule has 0 aliphatic heterocycles. The summed E-state index contributed by atoms with van der Waals surface area (Å²) in [4.78, 5) is 4.38. The molecule has 0 saturated carbocycles. The van der Waals surface area contributed by atoms with Crippen molar-refractivity contribution in [1.29, 1.82) is 0 Å². The minimum Gasteiger partial charge on any atom is -0.352 e. The number of nitrogens with zero attached hydrogens (tertiary/aromatic N) is 2. The van der Waals surface area contributed by atoms with Crippen LogP contribution in [0, 0.1) is 5.82 Å². The molecule has 1 aromatic heterocycles. The second-order valence-electron chi connectivity index (χ2n) is 5.13. The van der Waals surface area contributed by atoms with E-state index in [1.165, 1.54) is 12.1 Å². The highest BCUT2D eigenvalue weighted by atomic mass is 35.5. The van der Waals surface area contributed by atoms with Crippen LogP contribution in [-0.2, 0) is 13.6 Å². The summed E-state index contributed by atoms with van der Waals surface area (Å²) in [6, 6.07) is 11.8. The summed E-state index contributed by atoms with van der Waals surface area (Å²) in [7, 11) is 1.91. The zero-order chi connectivity index (χ0) is 16.4. The molecule has 23 heavy (non-hydrogen) atoms. The molecule has 3 rings (SSSR count). The normalized spacial score (nSPS) is 10.8. The largest absolute Gasteiger partial charge is 0.352 e. The third kappa shape index (κ3) is 3.49. The zero-order valence-corrected chi connectivity index (χ0v) is 13.9. The average molecular weight is 350 g/mol. The predicted molar refractivity (Wildman–Crippen MR) is 92.4 cm³/mol. The Labute approximate surface area is 143 Å². The molecule has 0 aliphatic carbocycles. The van der Waals surface area contributed by atoms with Crippen molar-refractivity contribution in [3.8, 4) is 11.3 Å². The number of rotatable bonds is 4. The standard InChI is InChI=1S/C17H14Cl2FN3/c1-23-16(12-4-7-14(18)15(19)8-12)10-22-17(23)21-9-11-2-5-13(20)6-3-11/h2-8,10H,9H2,1H3,(H,21,22). The second-order valence-corrected chi connectivity index (χ2v) is 5.95. The third-order valence-corrected chi connectivity index (χ3v) is 4.31. The predicted octanol–water partition coefficient (Wildman–Crippen LogP) is 5.15. The van der Waals surface area contributed by atoms with Crippen LogP contribution in [0.15, 0.2) is 48.7 Å². The summed E-state index contributed by atoms with van der Waals surface area (Å²) < 4.78 is 14.8. The second kappa shape index (κ2) is 6.60. The summed E-state index contributed by atoms with van der Waals surface area (Å²) in [5.74, 6) is 0.475. The van der Waals surface area contributed by atoms with Gasteiger partial charge in [-0.1, -0.05) is 41.4 Å². The first kappa shape index (κ1) is 15.8. The summed E-state index contributed by atoms with van der Waals surface area (Å²) >= 11 is 12.0. The molecular weight excluding hydrogens is 336 g/mol. The molecule has 3 nitrogen and oxygen atoms in total. The van der Waals surface area contributed by atoms with Crippen molar-refractivity contribution in [3.63, 3.8) is 0 Å².